The van der Waals surface area contributed by atoms with Crippen molar-refractivity contribution in [3.05, 3.63) is 34.9 Å². The van der Waals surface area contributed by atoms with Gasteiger partial charge in [0.2, 0.25) is 12.6 Å². The van der Waals surface area contributed by atoms with Crippen LogP contribution in [0.4, 0.5) is 0 Å². The molecule has 2 bridgehead atoms. The van der Waals surface area contributed by atoms with E-state index in [1.54, 1.807) is 0 Å². The zero-order chi connectivity index (χ0) is 29.6. The van der Waals surface area contributed by atoms with Gasteiger partial charge in [-0.15, -0.1) is 0 Å². The van der Waals surface area contributed by atoms with E-state index in [-0.39, 0.29) is 17.3 Å². The highest BCUT2D eigenvalue weighted by Gasteiger charge is 2.76. The summed E-state index contributed by atoms with van der Waals surface area (Å²) in [5.41, 5.74) is 1.46. The Labute approximate surface area is 236 Å². The lowest BCUT2D eigenvalue weighted by molar-refractivity contribution is -0.281. The monoisotopic (exact) mass is 558 g/mol. The first-order valence-electron chi connectivity index (χ1n) is 14.2. The Morgan fingerprint density at radius 3 is 2.02 bits per heavy atom. The maximum absolute atomic E-state index is 12.9. The van der Waals surface area contributed by atoms with Crippen molar-refractivity contribution < 1.29 is 42.9 Å². The van der Waals surface area contributed by atoms with E-state index in [0.29, 0.717) is 24.8 Å². The largest absolute Gasteiger partial charge is 0.459 e. The normalized spacial score (nSPS) is 35.8. The molecule has 0 unspecified atom stereocenters. The molecule has 1 aliphatic heterocycles. The number of rotatable bonds is 8. The minimum atomic E-state index is -1.14. The van der Waals surface area contributed by atoms with E-state index in [1.165, 1.54) is 26.0 Å². The predicted octanol–water partition coefficient (Wildman–Crippen LogP) is 4.94. The first kappa shape index (κ1) is 30.0. The van der Waals surface area contributed by atoms with Crippen LogP contribution in [0, 0.1) is 28.6 Å². The maximum atomic E-state index is 12.9. The summed E-state index contributed by atoms with van der Waals surface area (Å²) in [5, 5.41) is 0. The fourth-order valence-electron chi connectivity index (χ4n) is 7.48. The van der Waals surface area contributed by atoms with Crippen molar-refractivity contribution >= 4 is 23.9 Å². The van der Waals surface area contributed by atoms with Crippen molar-refractivity contribution in [1.82, 2.24) is 0 Å². The van der Waals surface area contributed by atoms with Crippen molar-refractivity contribution in [1.29, 1.82) is 0 Å². The summed E-state index contributed by atoms with van der Waals surface area (Å²) in [7, 11) is 0. The molecule has 1 spiro atoms. The third-order valence-electron chi connectivity index (χ3n) is 9.50. The number of ether oxygens (including phenoxy) is 5. The molecule has 0 N–H and O–H groups in total. The predicted molar refractivity (Wildman–Crippen MR) is 144 cm³/mol. The van der Waals surface area contributed by atoms with E-state index in [2.05, 4.69) is 13.8 Å². The molecule has 0 aromatic heterocycles. The fraction of sp³-hybridized carbons (Fsp3) is 0.677. The maximum Gasteiger partial charge on any atom is 0.331 e. The van der Waals surface area contributed by atoms with Crippen molar-refractivity contribution in [2.75, 3.05) is 0 Å². The summed E-state index contributed by atoms with van der Waals surface area (Å²) in [6, 6.07) is 0. The topological polar surface area (TPSA) is 114 Å². The number of hydrogen-bond acceptors (Lipinski definition) is 9. The highest BCUT2D eigenvalue weighted by atomic mass is 16.8. The third-order valence-corrected chi connectivity index (χ3v) is 9.50. The summed E-state index contributed by atoms with van der Waals surface area (Å²) in [4.78, 5) is 50.1. The lowest BCUT2D eigenvalue weighted by Crippen LogP contribution is -2.56. The molecule has 3 aliphatic carbocycles. The highest BCUT2D eigenvalue weighted by molar-refractivity contribution is 5.83. The van der Waals surface area contributed by atoms with Gasteiger partial charge in [-0.05, 0) is 56.9 Å². The van der Waals surface area contributed by atoms with Gasteiger partial charge in [0.25, 0.3) is 0 Å². The minimum Gasteiger partial charge on any atom is -0.459 e. The SMILES string of the molecule is CC/C(C)=C/C(=O)O[C@H]1C=C2[C@H](OC(C)=O)O[C@@H](OC(C)=O)[C@H]3[C@@H](OC(=O)/C=C(\C)CC)C[C@@H]4C(C)(C)[C@@H]1C[C@]234. The van der Waals surface area contributed by atoms with Gasteiger partial charge in [0.05, 0.1) is 5.92 Å². The number of carbonyl (C=O) groups is 4. The molecule has 0 radical (unpaired) electrons. The smallest absolute Gasteiger partial charge is 0.331 e. The third kappa shape index (κ3) is 5.24. The molecule has 220 valence electrons. The lowest BCUT2D eigenvalue weighted by atomic mass is 9.62. The molecule has 4 rings (SSSR count). The number of hydrogen-bond donors (Lipinski definition) is 0. The molecule has 8 atom stereocenters. The van der Waals surface area contributed by atoms with Gasteiger partial charge in [-0.2, -0.15) is 0 Å². The van der Waals surface area contributed by atoms with Crippen LogP contribution in [-0.4, -0.2) is 48.7 Å². The van der Waals surface area contributed by atoms with E-state index >= 15 is 0 Å². The molecule has 2 saturated carbocycles. The van der Waals surface area contributed by atoms with Crippen LogP contribution in [0.1, 0.15) is 81.1 Å². The zero-order valence-corrected chi connectivity index (χ0v) is 24.8. The first-order valence-corrected chi connectivity index (χ1v) is 14.2. The Hall–Kier alpha value is -2.94. The molecule has 40 heavy (non-hydrogen) atoms. The van der Waals surface area contributed by atoms with Gasteiger partial charge in [-0.1, -0.05) is 38.8 Å². The van der Waals surface area contributed by atoms with Crippen molar-refractivity contribution in [2.24, 2.45) is 28.6 Å². The standard InChI is InChI=1S/C31H42O9/c1-9-16(3)11-25(34)38-22-13-20-28(36-18(5)32)40-29(37-19(6)33)27-23(39-26(35)12-17(4)10-2)14-24-30(7,8)21(22)15-31(20,24)27/h11-13,21-24,27-29H,9-10,14-15H2,1-8H3/b16-11+,17-12+/t21-,22+,23+,24-,27-,28-,29-,31-/m1/s1. The summed E-state index contributed by atoms with van der Waals surface area (Å²) in [6.45, 7) is 14.5. The summed E-state index contributed by atoms with van der Waals surface area (Å²) < 4.78 is 29.5. The lowest BCUT2D eigenvalue weighted by Gasteiger charge is -2.50. The van der Waals surface area contributed by atoms with Crippen LogP contribution in [0.5, 0.6) is 0 Å². The van der Waals surface area contributed by atoms with Gasteiger partial charge in [-0.3, -0.25) is 14.3 Å². The Morgan fingerprint density at radius 2 is 1.48 bits per heavy atom. The van der Waals surface area contributed by atoms with Crippen molar-refractivity contribution in [3.8, 4) is 0 Å². The molecule has 3 fully saturated rings. The van der Waals surface area contributed by atoms with Crippen LogP contribution in [0.25, 0.3) is 0 Å². The van der Waals surface area contributed by atoms with Gasteiger partial charge < -0.3 is 18.9 Å². The van der Waals surface area contributed by atoms with E-state index < -0.39 is 60.0 Å². The van der Waals surface area contributed by atoms with Gasteiger partial charge in [0.1, 0.15) is 12.2 Å². The molecule has 4 aliphatic rings. The van der Waals surface area contributed by atoms with Gasteiger partial charge in [-0.25, -0.2) is 9.59 Å². The Balaban J connectivity index is 1.82. The molecule has 0 amide bonds. The van der Waals surface area contributed by atoms with Gasteiger partial charge >= 0.3 is 23.9 Å². The zero-order valence-electron chi connectivity index (χ0n) is 24.8. The second kappa shape index (κ2) is 11.1. The average Bonchev–Trinajstić information content (AvgIpc) is 3.26. The van der Waals surface area contributed by atoms with Crippen molar-refractivity contribution in [3.63, 3.8) is 0 Å². The number of allylic oxidation sites excluding steroid dienone is 2. The second-order valence-corrected chi connectivity index (χ2v) is 12.2. The quantitative estimate of drug-likeness (QED) is 0.177. The molecule has 0 aromatic carbocycles. The number of esters is 4. The van der Waals surface area contributed by atoms with E-state index in [0.717, 1.165) is 17.6 Å². The average molecular weight is 559 g/mol. The Bertz CT molecular complexity index is 1160. The molecular formula is C31H42O9. The summed E-state index contributed by atoms with van der Waals surface area (Å²) in [5.74, 6) is -2.63. The molecule has 9 heteroatoms. The van der Waals surface area contributed by atoms with Crippen LogP contribution >= 0.6 is 0 Å². The van der Waals surface area contributed by atoms with Crippen molar-refractivity contribution in [2.45, 2.75) is 106 Å². The van der Waals surface area contributed by atoms with E-state index in [9.17, 15) is 19.2 Å². The fourth-order valence-corrected chi connectivity index (χ4v) is 7.48. The number of fused-ring (bicyclic) bond motifs is 1. The Morgan fingerprint density at radius 1 is 0.900 bits per heavy atom. The molecule has 1 saturated heterocycles. The van der Waals surface area contributed by atoms with Crippen LogP contribution in [0.15, 0.2) is 34.9 Å². The molecule has 9 nitrogen and oxygen atoms in total. The van der Waals surface area contributed by atoms with E-state index in [1.807, 2.05) is 33.8 Å². The van der Waals surface area contributed by atoms with Gasteiger partial charge in [0.15, 0.2) is 0 Å². The van der Waals surface area contributed by atoms with Crippen LogP contribution in [0.3, 0.4) is 0 Å². The Kier molecular flexibility index (Phi) is 8.37. The number of carbonyl (C=O) groups excluding carboxylic acids is 4. The van der Waals surface area contributed by atoms with E-state index in [4.69, 9.17) is 23.7 Å². The first-order chi connectivity index (χ1) is 18.7. The van der Waals surface area contributed by atoms with Gasteiger partial charge in [0, 0.05) is 42.9 Å². The molecule has 0 aromatic rings. The van der Waals surface area contributed by atoms with Crippen LogP contribution in [0.2, 0.25) is 0 Å². The summed E-state index contributed by atoms with van der Waals surface area (Å²) >= 11 is 0. The molecule has 1 heterocycles. The minimum absolute atomic E-state index is 0.0491. The second-order valence-electron chi connectivity index (χ2n) is 12.2. The van der Waals surface area contributed by atoms with Crippen LogP contribution in [-0.2, 0) is 42.9 Å². The summed E-state index contributed by atoms with van der Waals surface area (Å²) in [6.07, 6.45) is 3.98. The van der Waals surface area contributed by atoms with Crippen LogP contribution < -0.4 is 0 Å². The molecular weight excluding hydrogens is 516 g/mol. The highest BCUT2D eigenvalue weighted by Crippen LogP contribution is 2.75.